The van der Waals surface area contributed by atoms with Gasteiger partial charge in [0.05, 0.1) is 35.7 Å². The lowest BCUT2D eigenvalue weighted by Crippen LogP contribution is -2.55. The number of carbonyl (C=O) groups excluding carboxylic acids is 2. The maximum atomic E-state index is 13.5. The quantitative estimate of drug-likeness (QED) is 0.576. The van der Waals surface area contributed by atoms with Gasteiger partial charge in [-0.3, -0.25) is 4.79 Å². The van der Waals surface area contributed by atoms with Gasteiger partial charge in [-0.2, -0.15) is 0 Å². The third kappa shape index (κ3) is 5.01. The molecular weight excluding hydrogens is 471 g/mol. The van der Waals surface area contributed by atoms with E-state index in [1.165, 1.54) is 7.11 Å². The van der Waals surface area contributed by atoms with Gasteiger partial charge in [-0.15, -0.1) is 0 Å². The second-order valence-corrected chi connectivity index (χ2v) is 11.6. The largest absolute Gasteiger partial charge is 0.494 e. The molecule has 10 heteroatoms. The highest BCUT2D eigenvalue weighted by Crippen LogP contribution is 2.39. The van der Waals surface area contributed by atoms with Crippen molar-refractivity contribution < 1.29 is 23.6 Å². The van der Waals surface area contributed by atoms with Gasteiger partial charge in [0.25, 0.3) is 0 Å². The molecule has 3 heterocycles. The van der Waals surface area contributed by atoms with Crippen LogP contribution in [0.25, 0.3) is 11.3 Å². The third-order valence-electron chi connectivity index (χ3n) is 8.13. The van der Waals surface area contributed by atoms with Crippen molar-refractivity contribution in [3.05, 3.63) is 36.3 Å². The first-order chi connectivity index (χ1) is 17.3. The summed E-state index contributed by atoms with van der Waals surface area (Å²) in [6, 6.07) is 7.38. The Kier molecular flexibility index (Phi) is 7.20. The number of carbonyl (C=O) groups is 2. The average Bonchev–Trinajstić information content (AvgIpc) is 3.53. The summed E-state index contributed by atoms with van der Waals surface area (Å²) in [5.74, 6) is 0.500. The fourth-order valence-corrected chi connectivity index (χ4v) is 4.97. The van der Waals surface area contributed by atoms with E-state index in [1.807, 2.05) is 77.6 Å². The molecule has 0 saturated carbocycles. The third-order valence-corrected chi connectivity index (χ3v) is 8.13. The number of amides is 2. The summed E-state index contributed by atoms with van der Waals surface area (Å²) >= 11 is 0. The molecule has 2 fully saturated rings. The van der Waals surface area contributed by atoms with Crippen LogP contribution >= 0.6 is 0 Å². The second-order valence-electron chi connectivity index (χ2n) is 11.6. The SMILES string of the molecule is COC(=O)N[C@H](C(=O)N1CCC[C@@]1(C)c1ncc(-c2ccc(B3OC(C)(C)C(C)(C)O3)cc2)[nH]1)C(C)C. The number of rotatable bonds is 6. The Morgan fingerprint density at radius 1 is 1.11 bits per heavy atom. The summed E-state index contributed by atoms with van der Waals surface area (Å²) in [6.07, 6.45) is 2.81. The zero-order valence-corrected chi connectivity index (χ0v) is 23.2. The van der Waals surface area contributed by atoms with Gasteiger partial charge < -0.3 is 29.2 Å². The smallest absolute Gasteiger partial charge is 0.453 e. The van der Waals surface area contributed by atoms with Crippen LogP contribution in [0.1, 0.15) is 67.1 Å². The number of benzene rings is 1. The highest BCUT2D eigenvalue weighted by atomic mass is 16.7. The van der Waals surface area contributed by atoms with E-state index in [0.29, 0.717) is 6.54 Å². The summed E-state index contributed by atoms with van der Waals surface area (Å²) in [4.78, 5) is 35.4. The Balaban J connectivity index is 1.53. The van der Waals surface area contributed by atoms with Crippen LogP contribution in [0.4, 0.5) is 4.79 Å². The molecule has 2 atom stereocenters. The standard InChI is InChI=1S/C27H39BN4O5/c1-17(2)21(31-24(34)35-8)22(33)32-15-9-14-27(32,7)23-29-16-20(30-23)18-10-12-19(13-11-18)28-36-25(3,4)26(5,6)37-28/h10-13,16-17,21H,9,14-15H2,1-8H3,(H,29,30)(H,31,34)/t21-,27-/m0/s1. The number of nitrogens with zero attached hydrogens (tertiary/aromatic N) is 2. The Hall–Kier alpha value is -2.85. The van der Waals surface area contributed by atoms with Crippen LogP contribution in [-0.4, -0.2) is 64.9 Å². The van der Waals surface area contributed by atoms with E-state index in [-0.39, 0.29) is 11.8 Å². The number of hydrogen-bond donors (Lipinski definition) is 2. The van der Waals surface area contributed by atoms with Gasteiger partial charge in [-0.1, -0.05) is 38.1 Å². The lowest BCUT2D eigenvalue weighted by atomic mass is 9.79. The molecule has 0 unspecified atom stereocenters. The molecule has 2 aromatic rings. The first kappa shape index (κ1) is 27.2. The number of alkyl carbamates (subject to hydrolysis) is 1. The number of likely N-dealkylation sites (tertiary alicyclic amines) is 1. The maximum Gasteiger partial charge on any atom is 0.494 e. The van der Waals surface area contributed by atoms with Crippen LogP contribution in [0.2, 0.25) is 0 Å². The van der Waals surface area contributed by atoms with Crippen molar-refractivity contribution in [2.45, 2.75) is 84.1 Å². The number of hydrogen-bond acceptors (Lipinski definition) is 6. The van der Waals surface area contributed by atoms with Crippen molar-refractivity contribution in [2.24, 2.45) is 5.92 Å². The number of H-pyrrole nitrogens is 1. The first-order valence-corrected chi connectivity index (χ1v) is 13.0. The zero-order chi connectivity index (χ0) is 27.2. The minimum Gasteiger partial charge on any atom is -0.453 e. The molecule has 0 spiro atoms. The van der Waals surface area contributed by atoms with Gasteiger partial charge in [0.1, 0.15) is 11.9 Å². The zero-order valence-electron chi connectivity index (χ0n) is 23.2. The molecule has 2 amide bonds. The van der Waals surface area contributed by atoms with Crippen molar-refractivity contribution in [3.8, 4) is 11.3 Å². The van der Waals surface area contributed by atoms with Gasteiger partial charge in [0.2, 0.25) is 5.91 Å². The summed E-state index contributed by atoms with van der Waals surface area (Å²) < 4.78 is 17.1. The molecule has 4 rings (SSSR count). The molecule has 0 aliphatic carbocycles. The van der Waals surface area contributed by atoms with Gasteiger partial charge in [-0.25, -0.2) is 9.78 Å². The average molecular weight is 510 g/mol. The van der Waals surface area contributed by atoms with E-state index in [9.17, 15) is 9.59 Å². The van der Waals surface area contributed by atoms with E-state index >= 15 is 0 Å². The van der Waals surface area contributed by atoms with Crippen molar-refractivity contribution >= 4 is 24.6 Å². The molecule has 9 nitrogen and oxygen atoms in total. The first-order valence-electron chi connectivity index (χ1n) is 13.0. The van der Waals surface area contributed by atoms with Gasteiger partial charge in [0, 0.05) is 6.54 Å². The lowest BCUT2D eigenvalue weighted by Gasteiger charge is -2.37. The molecule has 2 aliphatic heterocycles. The maximum absolute atomic E-state index is 13.5. The van der Waals surface area contributed by atoms with Gasteiger partial charge in [0.15, 0.2) is 0 Å². The van der Waals surface area contributed by atoms with Gasteiger partial charge in [-0.05, 0) is 64.4 Å². The van der Waals surface area contributed by atoms with Crippen LogP contribution in [0.5, 0.6) is 0 Å². The molecule has 0 bridgehead atoms. The second kappa shape index (κ2) is 9.80. The number of aromatic amines is 1. The minimum atomic E-state index is -0.679. The Morgan fingerprint density at radius 2 is 1.73 bits per heavy atom. The van der Waals surface area contributed by atoms with Crippen molar-refractivity contribution in [1.29, 1.82) is 0 Å². The molecular formula is C27H39BN4O5. The summed E-state index contributed by atoms with van der Waals surface area (Å²) in [6.45, 7) is 14.6. The molecule has 2 saturated heterocycles. The van der Waals surface area contributed by atoms with Gasteiger partial charge >= 0.3 is 13.2 Å². The van der Waals surface area contributed by atoms with Crippen molar-refractivity contribution in [3.63, 3.8) is 0 Å². The van der Waals surface area contributed by atoms with Crippen LogP contribution in [0.3, 0.4) is 0 Å². The highest BCUT2D eigenvalue weighted by Gasteiger charge is 2.51. The fourth-order valence-electron chi connectivity index (χ4n) is 4.97. The van der Waals surface area contributed by atoms with Crippen molar-refractivity contribution in [2.75, 3.05) is 13.7 Å². The topological polar surface area (TPSA) is 106 Å². The molecule has 200 valence electrons. The number of imidazole rings is 1. The number of methoxy groups -OCH3 is 1. The van der Waals surface area contributed by atoms with Crippen LogP contribution < -0.4 is 10.8 Å². The molecule has 37 heavy (non-hydrogen) atoms. The normalized spacial score (nSPS) is 23.4. The van der Waals surface area contributed by atoms with E-state index in [1.54, 1.807) is 6.20 Å². The highest BCUT2D eigenvalue weighted by molar-refractivity contribution is 6.62. The molecule has 2 aliphatic rings. The molecule has 2 N–H and O–H groups in total. The Morgan fingerprint density at radius 3 is 2.30 bits per heavy atom. The number of nitrogens with one attached hydrogen (secondary N) is 2. The lowest BCUT2D eigenvalue weighted by molar-refractivity contribution is -0.138. The van der Waals surface area contributed by atoms with Crippen LogP contribution in [0, 0.1) is 5.92 Å². The summed E-state index contributed by atoms with van der Waals surface area (Å²) in [5, 5.41) is 2.70. The fraction of sp³-hybridized carbons (Fsp3) is 0.593. The number of aromatic nitrogens is 2. The summed E-state index contributed by atoms with van der Waals surface area (Å²) in [7, 11) is 0.879. The Bertz CT molecular complexity index is 1130. The number of ether oxygens (including phenoxy) is 1. The molecule has 1 aromatic heterocycles. The molecule has 0 radical (unpaired) electrons. The Labute approximate surface area is 219 Å². The van der Waals surface area contributed by atoms with Crippen LogP contribution in [0.15, 0.2) is 30.5 Å². The van der Waals surface area contributed by atoms with Crippen LogP contribution in [-0.2, 0) is 24.4 Å². The van der Waals surface area contributed by atoms with Crippen molar-refractivity contribution in [1.82, 2.24) is 20.2 Å². The monoisotopic (exact) mass is 510 g/mol. The molecule has 1 aromatic carbocycles. The minimum absolute atomic E-state index is 0.0916. The predicted molar refractivity (Wildman–Crippen MR) is 142 cm³/mol. The van der Waals surface area contributed by atoms with E-state index in [0.717, 1.165) is 35.4 Å². The van der Waals surface area contributed by atoms with E-state index in [4.69, 9.17) is 14.0 Å². The summed E-state index contributed by atoms with van der Waals surface area (Å²) in [5.41, 5.74) is 1.41. The predicted octanol–water partition coefficient (Wildman–Crippen LogP) is 3.59. The van der Waals surface area contributed by atoms with E-state index < -0.39 is 36.0 Å². The van der Waals surface area contributed by atoms with E-state index in [2.05, 4.69) is 15.3 Å².